The number of hydrogen-bond acceptors (Lipinski definition) is 8. The molecule has 5 rings (SSSR count). The summed E-state index contributed by atoms with van der Waals surface area (Å²) in [5.74, 6) is 1.18. The van der Waals surface area contributed by atoms with E-state index in [1.807, 2.05) is 36.0 Å². The van der Waals surface area contributed by atoms with Gasteiger partial charge >= 0.3 is 0 Å². The molecule has 10 heteroatoms. The third-order valence-corrected chi connectivity index (χ3v) is 9.16. The van der Waals surface area contributed by atoms with Gasteiger partial charge in [-0.3, -0.25) is 9.48 Å². The maximum Gasteiger partial charge on any atom is 0.263 e. The van der Waals surface area contributed by atoms with Gasteiger partial charge < -0.3 is 15.4 Å². The maximum absolute atomic E-state index is 12.7. The minimum Gasteiger partial charge on any atom is -0.376 e. The predicted octanol–water partition coefficient (Wildman–Crippen LogP) is 6.67. The van der Waals surface area contributed by atoms with Crippen molar-refractivity contribution in [2.75, 3.05) is 11.9 Å². The Morgan fingerprint density at radius 1 is 1.14 bits per heavy atom. The summed E-state index contributed by atoms with van der Waals surface area (Å²) in [5, 5.41) is 11.8. The van der Waals surface area contributed by atoms with Crippen molar-refractivity contribution in [3.63, 3.8) is 0 Å². The normalized spacial score (nSPS) is 17.5. The Morgan fingerprint density at radius 3 is 2.76 bits per heavy atom. The molecule has 4 aromatic rings. The number of carbonyl (C=O) groups is 1. The zero-order chi connectivity index (χ0) is 29.7. The first-order chi connectivity index (χ1) is 20.2. The standard InChI is InChI=1S/C32H41N7O2S/c1-6-22-7-10-26(41-14-12-22)20-39-19-25(17-36-39)37-31-33-13-11-27(38-31)23-8-9-24(21(2)15-23)16-34-29(40)28-18-35-30(42-28)32(3,4)5/h8-9,11,13,15,17-19,22,26H,6-7,10,12,14,16,20H2,1-5H3,(H,34,40)(H,33,37,38). The molecule has 1 aliphatic rings. The highest BCUT2D eigenvalue weighted by molar-refractivity contribution is 7.13. The molecule has 222 valence electrons. The smallest absolute Gasteiger partial charge is 0.263 e. The van der Waals surface area contributed by atoms with Crippen LogP contribution in [0.5, 0.6) is 0 Å². The second kappa shape index (κ2) is 13.1. The van der Waals surface area contributed by atoms with Gasteiger partial charge in [0, 0.05) is 36.5 Å². The van der Waals surface area contributed by atoms with Crippen molar-refractivity contribution in [1.29, 1.82) is 0 Å². The van der Waals surface area contributed by atoms with E-state index in [-0.39, 0.29) is 17.4 Å². The molecule has 0 saturated carbocycles. The third kappa shape index (κ3) is 7.60. The van der Waals surface area contributed by atoms with Crippen LogP contribution in [0.4, 0.5) is 11.6 Å². The van der Waals surface area contributed by atoms with Gasteiger partial charge in [0.05, 0.1) is 41.4 Å². The molecule has 1 aliphatic heterocycles. The maximum atomic E-state index is 12.7. The van der Waals surface area contributed by atoms with Gasteiger partial charge in [-0.2, -0.15) is 5.10 Å². The molecule has 9 nitrogen and oxygen atoms in total. The lowest BCUT2D eigenvalue weighted by Gasteiger charge is -2.14. The number of thiazole rings is 1. The summed E-state index contributed by atoms with van der Waals surface area (Å²) in [6, 6.07) is 8.05. The topological polar surface area (TPSA) is 107 Å². The number of carbonyl (C=O) groups excluding carboxylic acids is 1. The molecule has 4 heterocycles. The van der Waals surface area contributed by atoms with Crippen molar-refractivity contribution in [1.82, 2.24) is 30.0 Å². The van der Waals surface area contributed by atoms with Crippen molar-refractivity contribution < 1.29 is 9.53 Å². The van der Waals surface area contributed by atoms with Crippen LogP contribution in [-0.2, 0) is 23.2 Å². The van der Waals surface area contributed by atoms with E-state index >= 15 is 0 Å². The third-order valence-electron chi connectivity index (χ3n) is 7.74. The van der Waals surface area contributed by atoms with Crippen molar-refractivity contribution in [3.05, 3.63) is 70.1 Å². The molecule has 0 radical (unpaired) electrons. The summed E-state index contributed by atoms with van der Waals surface area (Å²) >= 11 is 1.45. The highest BCUT2D eigenvalue weighted by Gasteiger charge is 2.21. The van der Waals surface area contributed by atoms with E-state index in [1.54, 1.807) is 18.6 Å². The van der Waals surface area contributed by atoms with Crippen molar-refractivity contribution in [2.45, 2.75) is 84.9 Å². The van der Waals surface area contributed by atoms with Crippen LogP contribution in [0.2, 0.25) is 0 Å². The van der Waals surface area contributed by atoms with Crippen LogP contribution in [0, 0.1) is 12.8 Å². The van der Waals surface area contributed by atoms with Crippen LogP contribution >= 0.6 is 11.3 Å². The SMILES string of the molecule is CCC1CCOC(Cn2cc(Nc3nccc(-c4ccc(CNC(=O)c5cnc(C(C)(C)C)s5)c(C)c4)n3)cn2)CC1. The van der Waals surface area contributed by atoms with E-state index in [4.69, 9.17) is 9.72 Å². The Balaban J connectivity index is 1.18. The number of nitrogens with one attached hydrogen (secondary N) is 2. The molecule has 2 unspecified atom stereocenters. The molecule has 0 bridgehead atoms. The van der Waals surface area contributed by atoms with Gasteiger partial charge in [-0.15, -0.1) is 11.3 Å². The predicted molar refractivity (Wildman–Crippen MR) is 167 cm³/mol. The molecule has 2 atom stereocenters. The minimum atomic E-state index is -0.104. The van der Waals surface area contributed by atoms with Gasteiger partial charge in [-0.05, 0) is 55.4 Å². The average Bonchev–Trinajstić information content (AvgIpc) is 3.58. The number of aryl methyl sites for hydroxylation is 1. The van der Waals surface area contributed by atoms with E-state index in [0.717, 1.165) is 65.0 Å². The molecule has 0 spiro atoms. The molecule has 1 aromatic carbocycles. The quantitative estimate of drug-likeness (QED) is 0.225. The lowest BCUT2D eigenvalue weighted by molar-refractivity contribution is 0.0436. The Labute approximate surface area is 252 Å². The van der Waals surface area contributed by atoms with Crippen LogP contribution in [0.1, 0.15) is 79.2 Å². The zero-order valence-corrected chi connectivity index (χ0v) is 26.0. The minimum absolute atomic E-state index is 0.0733. The number of hydrogen-bond donors (Lipinski definition) is 2. The van der Waals surface area contributed by atoms with E-state index in [2.05, 4.69) is 59.5 Å². The summed E-state index contributed by atoms with van der Waals surface area (Å²) in [6.45, 7) is 12.6. The second-order valence-electron chi connectivity index (χ2n) is 12.1. The first-order valence-electron chi connectivity index (χ1n) is 14.8. The number of benzene rings is 1. The van der Waals surface area contributed by atoms with Gasteiger partial charge in [-0.1, -0.05) is 46.2 Å². The number of aromatic nitrogens is 5. The van der Waals surface area contributed by atoms with E-state index in [0.29, 0.717) is 17.4 Å². The van der Waals surface area contributed by atoms with Gasteiger partial charge in [0.15, 0.2) is 0 Å². The molecule has 1 fully saturated rings. The van der Waals surface area contributed by atoms with Gasteiger partial charge in [-0.25, -0.2) is 15.0 Å². The average molecular weight is 588 g/mol. The zero-order valence-electron chi connectivity index (χ0n) is 25.2. The Bertz CT molecular complexity index is 1510. The number of nitrogens with zero attached hydrogens (tertiary/aromatic N) is 5. The molecule has 1 amide bonds. The summed E-state index contributed by atoms with van der Waals surface area (Å²) in [5.41, 5.74) is 4.69. The summed E-state index contributed by atoms with van der Waals surface area (Å²) in [4.78, 5) is 26.9. The van der Waals surface area contributed by atoms with Gasteiger partial charge in [0.2, 0.25) is 5.95 Å². The highest BCUT2D eigenvalue weighted by atomic mass is 32.1. The molecule has 3 aromatic heterocycles. The Kier molecular flexibility index (Phi) is 9.33. The first-order valence-corrected chi connectivity index (χ1v) is 15.6. The summed E-state index contributed by atoms with van der Waals surface area (Å²) < 4.78 is 8.01. The molecule has 42 heavy (non-hydrogen) atoms. The number of rotatable bonds is 9. The largest absolute Gasteiger partial charge is 0.376 e. The van der Waals surface area contributed by atoms with Crippen LogP contribution in [0.25, 0.3) is 11.3 Å². The highest BCUT2D eigenvalue weighted by Crippen LogP contribution is 2.27. The van der Waals surface area contributed by atoms with Crippen LogP contribution < -0.4 is 10.6 Å². The molecule has 2 N–H and O–H groups in total. The number of amides is 1. The van der Waals surface area contributed by atoms with Crippen molar-refractivity contribution in [3.8, 4) is 11.3 Å². The van der Waals surface area contributed by atoms with Crippen LogP contribution in [0.15, 0.2) is 49.1 Å². The van der Waals surface area contributed by atoms with Crippen LogP contribution in [0.3, 0.4) is 0 Å². The van der Waals surface area contributed by atoms with E-state index in [9.17, 15) is 4.79 Å². The van der Waals surface area contributed by atoms with Crippen molar-refractivity contribution >= 4 is 28.9 Å². The fourth-order valence-corrected chi connectivity index (χ4v) is 5.98. The van der Waals surface area contributed by atoms with E-state index in [1.165, 1.54) is 24.2 Å². The monoisotopic (exact) mass is 587 g/mol. The lowest BCUT2D eigenvalue weighted by atomic mass is 9.97. The van der Waals surface area contributed by atoms with E-state index < -0.39 is 0 Å². The van der Waals surface area contributed by atoms with Gasteiger partial charge in [0.25, 0.3) is 5.91 Å². The Hall–Kier alpha value is -3.63. The van der Waals surface area contributed by atoms with Crippen LogP contribution in [-0.4, -0.2) is 43.4 Å². The lowest BCUT2D eigenvalue weighted by Crippen LogP contribution is -2.22. The number of ether oxygens (including phenoxy) is 1. The van der Waals surface area contributed by atoms with Gasteiger partial charge in [0.1, 0.15) is 4.88 Å². The fraction of sp³-hybridized carbons (Fsp3) is 0.469. The molecular formula is C32H41N7O2S. The molecule has 0 aliphatic carbocycles. The Morgan fingerprint density at radius 2 is 2.00 bits per heavy atom. The molecule has 1 saturated heterocycles. The number of anilines is 2. The first kappa shape index (κ1) is 29.8. The summed E-state index contributed by atoms with van der Waals surface area (Å²) in [7, 11) is 0. The molecular weight excluding hydrogens is 546 g/mol. The fourth-order valence-electron chi connectivity index (χ4n) is 5.09. The van der Waals surface area contributed by atoms with Crippen molar-refractivity contribution in [2.24, 2.45) is 5.92 Å². The summed E-state index contributed by atoms with van der Waals surface area (Å²) in [6.07, 6.45) is 12.0. The second-order valence-corrected chi connectivity index (χ2v) is 13.1.